The fourth-order valence-electron chi connectivity index (χ4n) is 4.28. The number of hydrogen-bond acceptors (Lipinski definition) is 6. The molecule has 1 atom stereocenters. The summed E-state index contributed by atoms with van der Waals surface area (Å²) in [6.07, 6.45) is -1.82. The zero-order valence-corrected chi connectivity index (χ0v) is 20.7. The summed E-state index contributed by atoms with van der Waals surface area (Å²) in [4.78, 5) is 29.5. The standard InChI is InChI=1S/C27H23F4N5O4/c1-13(19-11-17(6-8-21(19)28)40-27(29,30)31)34-25(38)20-9-15(12-33-26(20)39-2)14-3-7-18-22(10-14)36(16-4-5-16)35-23(18)24(32)37/h3,6-13,16H,4-5H2,1-2H3,(H2,32,37)(H,34,38)/t13-/m1/s1/i1D,2D. The number of halogens is 4. The van der Waals surface area contributed by atoms with Gasteiger partial charge in [-0.15, -0.1) is 13.2 Å². The maximum atomic E-state index is 14.6. The number of nitrogens with one attached hydrogen (secondary N) is 1. The van der Waals surface area contributed by atoms with E-state index < -0.39 is 55.3 Å². The Morgan fingerprint density at radius 3 is 2.65 bits per heavy atom. The van der Waals surface area contributed by atoms with Crippen LogP contribution in [0.5, 0.6) is 11.6 Å². The first-order valence-electron chi connectivity index (χ1n) is 13.3. The fraction of sp³-hybridized carbons (Fsp3) is 0.259. The number of nitrogens with zero attached hydrogens (tertiary/aromatic N) is 3. The molecule has 5 rings (SSSR count). The monoisotopic (exact) mass is 559 g/mol. The van der Waals surface area contributed by atoms with Gasteiger partial charge in [0, 0.05) is 24.1 Å². The predicted molar refractivity (Wildman–Crippen MR) is 135 cm³/mol. The molecule has 2 aromatic heterocycles. The van der Waals surface area contributed by atoms with Gasteiger partial charge in [0.05, 0.1) is 26.1 Å². The summed E-state index contributed by atoms with van der Waals surface area (Å²) in [5, 5.41) is 7.38. The number of carbonyl (C=O) groups is 2. The van der Waals surface area contributed by atoms with Crippen molar-refractivity contribution >= 4 is 22.7 Å². The summed E-state index contributed by atoms with van der Waals surface area (Å²) in [6.45, 7) is -0.621. The van der Waals surface area contributed by atoms with Crippen molar-refractivity contribution in [1.82, 2.24) is 20.1 Å². The molecule has 2 amide bonds. The highest BCUT2D eigenvalue weighted by Crippen LogP contribution is 2.39. The van der Waals surface area contributed by atoms with Crippen LogP contribution in [0, 0.1) is 5.82 Å². The first kappa shape index (κ1) is 24.4. The summed E-state index contributed by atoms with van der Waals surface area (Å²) in [5.41, 5.74) is 6.79. The van der Waals surface area contributed by atoms with E-state index in [-0.39, 0.29) is 23.2 Å². The number of hydrogen-bond donors (Lipinski definition) is 2. The molecule has 1 fully saturated rings. The Hall–Kier alpha value is -4.68. The van der Waals surface area contributed by atoms with E-state index in [0.717, 1.165) is 31.0 Å². The molecule has 3 N–H and O–H groups in total. The number of amides is 2. The van der Waals surface area contributed by atoms with Crippen molar-refractivity contribution in [2.75, 3.05) is 7.09 Å². The molecule has 2 heterocycles. The number of alkyl halides is 3. The highest BCUT2D eigenvalue weighted by atomic mass is 19.4. The van der Waals surface area contributed by atoms with Crippen LogP contribution >= 0.6 is 0 Å². The van der Waals surface area contributed by atoms with Crippen molar-refractivity contribution in [1.29, 1.82) is 0 Å². The van der Waals surface area contributed by atoms with Gasteiger partial charge >= 0.3 is 6.36 Å². The summed E-state index contributed by atoms with van der Waals surface area (Å²) < 4.78 is 78.6. The Morgan fingerprint density at radius 2 is 1.98 bits per heavy atom. The number of pyridine rings is 1. The first-order valence-corrected chi connectivity index (χ1v) is 11.9. The van der Waals surface area contributed by atoms with Crippen LogP contribution < -0.4 is 20.5 Å². The minimum atomic E-state index is -5.02. The summed E-state index contributed by atoms with van der Waals surface area (Å²) in [6, 6.07) is 7.60. The Labute approximate surface area is 227 Å². The lowest BCUT2D eigenvalue weighted by Crippen LogP contribution is -2.28. The molecule has 4 aromatic rings. The van der Waals surface area contributed by atoms with Crippen LogP contribution in [0.2, 0.25) is 0 Å². The lowest BCUT2D eigenvalue weighted by Gasteiger charge is -2.18. The molecule has 0 radical (unpaired) electrons. The highest BCUT2D eigenvalue weighted by Gasteiger charge is 2.32. The van der Waals surface area contributed by atoms with Crippen LogP contribution in [0.1, 0.15) is 61.0 Å². The van der Waals surface area contributed by atoms with Gasteiger partial charge in [-0.25, -0.2) is 9.37 Å². The number of primary amides is 1. The SMILES string of the molecule is [2H]COc1ncc(-c2ccc3c(C(N)=O)nn(C4CC4)c3c2)cc1C(=O)N[C@H](C[2H])c1cc(OC(F)(F)F)ccc1F. The van der Waals surface area contributed by atoms with E-state index in [0.29, 0.717) is 22.0 Å². The normalized spacial score (nSPS) is 14.8. The third-order valence-electron chi connectivity index (χ3n) is 6.28. The molecule has 0 saturated heterocycles. The van der Waals surface area contributed by atoms with Gasteiger partial charge in [-0.1, -0.05) is 6.07 Å². The lowest BCUT2D eigenvalue weighted by molar-refractivity contribution is -0.274. The second-order valence-corrected chi connectivity index (χ2v) is 9.10. The van der Waals surface area contributed by atoms with Crippen LogP contribution in [0.15, 0.2) is 48.7 Å². The Morgan fingerprint density at radius 1 is 1.18 bits per heavy atom. The molecule has 208 valence electrons. The molecular weight excluding hydrogens is 534 g/mol. The molecule has 0 bridgehead atoms. The van der Waals surface area contributed by atoms with Gasteiger partial charge in [0.1, 0.15) is 17.1 Å². The molecule has 40 heavy (non-hydrogen) atoms. The molecule has 1 aliphatic rings. The van der Waals surface area contributed by atoms with Crippen LogP contribution in [-0.2, 0) is 0 Å². The Bertz CT molecular complexity index is 1680. The minimum absolute atomic E-state index is 0.130. The van der Waals surface area contributed by atoms with Crippen LogP contribution in [0.25, 0.3) is 22.0 Å². The van der Waals surface area contributed by atoms with Gasteiger partial charge < -0.3 is 20.5 Å². The summed E-state index contributed by atoms with van der Waals surface area (Å²) in [7, 11) is -0.581. The molecule has 1 aliphatic carbocycles. The van der Waals surface area contributed by atoms with Gasteiger partial charge in [0.25, 0.3) is 11.8 Å². The van der Waals surface area contributed by atoms with Gasteiger partial charge in [-0.3, -0.25) is 14.3 Å². The van der Waals surface area contributed by atoms with E-state index >= 15 is 0 Å². The second kappa shape index (κ2) is 10.1. The average Bonchev–Trinajstić information content (AvgIpc) is 3.71. The summed E-state index contributed by atoms with van der Waals surface area (Å²) >= 11 is 0. The highest BCUT2D eigenvalue weighted by molar-refractivity contribution is 6.05. The maximum absolute atomic E-state index is 14.6. The van der Waals surface area contributed by atoms with E-state index in [4.69, 9.17) is 13.2 Å². The zero-order valence-electron chi connectivity index (χ0n) is 22.7. The van der Waals surface area contributed by atoms with E-state index in [2.05, 4.69) is 20.1 Å². The number of benzene rings is 2. The molecule has 9 nitrogen and oxygen atoms in total. The van der Waals surface area contributed by atoms with Crippen molar-refractivity contribution < 1.29 is 39.4 Å². The largest absolute Gasteiger partial charge is 0.573 e. The van der Waals surface area contributed by atoms with Gasteiger partial charge in [-0.2, -0.15) is 5.10 Å². The molecule has 0 unspecified atom stereocenters. The smallest absolute Gasteiger partial charge is 0.480 e. The lowest BCUT2D eigenvalue weighted by atomic mass is 10.0. The van der Waals surface area contributed by atoms with Crippen molar-refractivity contribution in [3.8, 4) is 22.8 Å². The number of carbonyl (C=O) groups excluding carboxylic acids is 2. The fourth-order valence-corrected chi connectivity index (χ4v) is 4.28. The van der Waals surface area contributed by atoms with Crippen molar-refractivity contribution in [2.45, 2.75) is 38.2 Å². The Kier molecular flexibility index (Phi) is 6.17. The molecular formula is C27H23F4N5O4. The van der Waals surface area contributed by atoms with E-state index in [1.807, 2.05) is 0 Å². The van der Waals surface area contributed by atoms with Gasteiger partial charge in [0.15, 0.2) is 5.69 Å². The topological polar surface area (TPSA) is 121 Å². The van der Waals surface area contributed by atoms with Crippen molar-refractivity contribution in [3.05, 3.63) is 71.3 Å². The third-order valence-corrected chi connectivity index (χ3v) is 6.28. The van der Waals surface area contributed by atoms with E-state index in [1.165, 1.54) is 12.3 Å². The van der Waals surface area contributed by atoms with Crippen molar-refractivity contribution in [3.63, 3.8) is 0 Å². The van der Waals surface area contributed by atoms with Crippen LogP contribution in [-0.4, -0.2) is 40.0 Å². The molecule has 0 aliphatic heterocycles. The van der Waals surface area contributed by atoms with Gasteiger partial charge in [-0.05, 0) is 61.7 Å². The number of aromatic nitrogens is 3. The summed E-state index contributed by atoms with van der Waals surface area (Å²) in [5.74, 6) is -3.42. The first-order chi connectivity index (χ1) is 20.0. The number of fused-ring (bicyclic) bond motifs is 1. The van der Waals surface area contributed by atoms with Crippen LogP contribution in [0.3, 0.4) is 0 Å². The quantitative estimate of drug-likeness (QED) is 0.291. The molecule has 0 spiro atoms. The number of rotatable bonds is 8. The average molecular weight is 560 g/mol. The third kappa shape index (κ3) is 5.40. The molecule has 1 saturated carbocycles. The van der Waals surface area contributed by atoms with Crippen molar-refractivity contribution in [2.24, 2.45) is 5.73 Å². The second-order valence-electron chi connectivity index (χ2n) is 9.10. The zero-order chi connectivity index (χ0) is 30.2. The van der Waals surface area contributed by atoms with Gasteiger partial charge in [0.2, 0.25) is 5.88 Å². The molecule has 2 aromatic carbocycles. The Balaban J connectivity index is 1.49. The minimum Gasteiger partial charge on any atom is -0.480 e. The van der Waals surface area contributed by atoms with E-state index in [1.54, 1.807) is 22.9 Å². The number of nitrogens with two attached hydrogens (primary N) is 1. The molecule has 13 heteroatoms. The van der Waals surface area contributed by atoms with E-state index in [9.17, 15) is 27.2 Å². The maximum Gasteiger partial charge on any atom is 0.573 e. The predicted octanol–water partition coefficient (Wildman–Crippen LogP) is 5.07. The number of methoxy groups -OCH3 is 1. The number of ether oxygens (including phenoxy) is 2. The van der Waals surface area contributed by atoms with Crippen LogP contribution in [0.4, 0.5) is 17.6 Å².